The zero-order valence-electron chi connectivity index (χ0n) is 17.3. The zero-order valence-corrected chi connectivity index (χ0v) is 17.3. The van der Waals surface area contributed by atoms with Crippen LogP contribution >= 0.6 is 0 Å². The third kappa shape index (κ3) is 4.77. The van der Waals surface area contributed by atoms with E-state index < -0.39 is 0 Å². The minimum atomic E-state index is -0.121. The number of hydrogen-bond donors (Lipinski definition) is 2. The van der Waals surface area contributed by atoms with Crippen LogP contribution in [0.4, 0.5) is 0 Å². The summed E-state index contributed by atoms with van der Waals surface area (Å²) in [5.74, 6) is 3.47. The standard InChI is InChI=1S/C21H30N4O3/c1-14(2)17-11-16(28-25-17)12-23-20(22-5)24-13-21(3,4)15-6-7-18-19(10-15)27-9-8-26-18/h6-7,10-11,14H,8-9,12-13H2,1-5H3,(H2,22,23,24). The lowest BCUT2D eigenvalue weighted by molar-refractivity contribution is 0.171. The van der Waals surface area contributed by atoms with Gasteiger partial charge in [-0.2, -0.15) is 0 Å². The van der Waals surface area contributed by atoms with Gasteiger partial charge in [0, 0.05) is 25.1 Å². The number of aromatic nitrogens is 1. The fourth-order valence-electron chi connectivity index (χ4n) is 2.95. The van der Waals surface area contributed by atoms with Gasteiger partial charge < -0.3 is 24.6 Å². The Kier molecular flexibility index (Phi) is 6.11. The van der Waals surface area contributed by atoms with Crippen molar-refractivity contribution in [1.82, 2.24) is 15.8 Å². The predicted molar refractivity (Wildman–Crippen MR) is 109 cm³/mol. The number of fused-ring (bicyclic) bond motifs is 1. The van der Waals surface area contributed by atoms with E-state index in [4.69, 9.17) is 14.0 Å². The van der Waals surface area contributed by atoms with Gasteiger partial charge in [-0.05, 0) is 23.6 Å². The van der Waals surface area contributed by atoms with Crippen LogP contribution in [-0.4, -0.2) is 37.9 Å². The molecule has 152 valence electrons. The molecule has 1 aromatic heterocycles. The Hall–Kier alpha value is -2.70. The van der Waals surface area contributed by atoms with Crippen LogP contribution in [0.15, 0.2) is 33.8 Å². The van der Waals surface area contributed by atoms with Gasteiger partial charge in [-0.1, -0.05) is 38.9 Å². The fourth-order valence-corrected chi connectivity index (χ4v) is 2.95. The number of hydrogen-bond acceptors (Lipinski definition) is 5. The molecule has 1 aliphatic rings. The Morgan fingerprint density at radius 3 is 2.57 bits per heavy atom. The Morgan fingerprint density at radius 1 is 1.14 bits per heavy atom. The molecule has 0 saturated carbocycles. The summed E-state index contributed by atoms with van der Waals surface area (Å²) in [6.45, 7) is 11.0. The second kappa shape index (κ2) is 8.54. The third-order valence-corrected chi connectivity index (χ3v) is 4.84. The van der Waals surface area contributed by atoms with Crippen LogP contribution in [-0.2, 0) is 12.0 Å². The first-order chi connectivity index (χ1) is 13.4. The fraction of sp³-hybridized carbons (Fsp3) is 0.524. The van der Waals surface area contributed by atoms with Crippen molar-refractivity contribution in [2.75, 3.05) is 26.8 Å². The molecular weight excluding hydrogens is 356 g/mol. The second-order valence-electron chi connectivity index (χ2n) is 7.89. The molecule has 2 N–H and O–H groups in total. The maximum absolute atomic E-state index is 5.71. The summed E-state index contributed by atoms with van der Waals surface area (Å²) in [6, 6.07) is 8.11. The molecule has 0 radical (unpaired) electrons. The van der Waals surface area contributed by atoms with Crippen LogP contribution in [0.25, 0.3) is 0 Å². The van der Waals surface area contributed by atoms with Crippen molar-refractivity contribution in [2.24, 2.45) is 4.99 Å². The molecule has 0 saturated heterocycles. The van der Waals surface area contributed by atoms with Gasteiger partial charge in [0.25, 0.3) is 0 Å². The summed E-state index contributed by atoms with van der Waals surface area (Å²) in [5.41, 5.74) is 2.01. The van der Waals surface area contributed by atoms with Gasteiger partial charge >= 0.3 is 0 Å². The van der Waals surface area contributed by atoms with Crippen molar-refractivity contribution in [1.29, 1.82) is 0 Å². The van der Waals surface area contributed by atoms with Crippen molar-refractivity contribution < 1.29 is 14.0 Å². The monoisotopic (exact) mass is 386 g/mol. The van der Waals surface area contributed by atoms with Crippen LogP contribution in [0.2, 0.25) is 0 Å². The quantitative estimate of drug-likeness (QED) is 0.586. The minimum absolute atomic E-state index is 0.121. The normalized spacial score (nSPS) is 14.3. The number of benzene rings is 1. The van der Waals surface area contributed by atoms with Crippen LogP contribution in [0.5, 0.6) is 11.5 Å². The summed E-state index contributed by atoms with van der Waals surface area (Å²) in [6.07, 6.45) is 0. The first kappa shape index (κ1) is 20.0. The van der Waals surface area contributed by atoms with E-state index in [2.05, 4.69) is 60.6 Å². The van der Waals surface area contributed by atoms with E-state index >= 15 is 0 Å². The van der Waals surface area contributed by atoms with E-state index in [0.29, 0.717) is 38.2 Å². The highest BCUT2D eigenvalue weighted by atomic mass is 16.6. The SMILES string of the molecule is CN=C(NCc1cc(C(C)C)no1)NCC(C)(C)c1ccc2c(c1)OCCO2. The van der Waals surface area contributed by atoms with E-state index in [0.717, 1.165) is 23.0 Å². The highest BCUT2D eigenvalue weighted by Crippen LogP contribution is 2.34. The molecular formula is C21H30N4O3. The topological polar surface area (TPSA) is 80.9 Å². The number of ether oxygens (including phenoxy) is 2. The van der Waals surface area contributed by atoms with E-state index in [1.165, 1.54) is 5.56 Å². The first-order valence-electron chi connectivity index (χ1n) is 9.69. The molecule has 2 heterocycles. The number of guanidine groups is 1. The van der Waals surface area contributed by atoms with Gasteiger partial charge in [0.15, 0.2) is 23.2 Å². The molecule has 0 bridgehead atoms. The molecule has 28 heavy (non-hydrogen) atoms. The van der Waals surface area contributed by atoms with E-state index in [1.54, 1.807) is 7.05 Å². The van der Waals surface area contributed by atoms with Crippen molar-refractivity contribution in [3.63, 3.8) is 0 Å². The number of aliphatic imine (C=N–C) groups is 1. The molecule has 7 heteroatoms. The van der Waals surface area contributed by atoms with Crippen molar-refractivity contribution in [3.05, 3.63) is 41.3 Å². The summed E-state index contributed by atoms with van der Waals surface area (Å²) in [5, 5.41) is 10.7. The van der Waals surface area contributed by atoms with Gasteiger partial charge in [-0.25, -0.2) is 0 Å². The highest BCUT2D eigenvalue weighted by Gasteiger charge is 2.24. The van der Waals surface area contributed by atoms with E-state index in [1.807, 2.05) is 12.1 Å². The zero-order chi connectivity index (χ0) is 20.1. The molecule has 1 aromatic carbocycles. The summed E-state index contributed by atoms with van der Waals surface area (Å²) in [4.78, 5) is 4.30. The number of nitrogens with zero attached hydrogens (tertiary/aromatic N) is 2. The predicted octanol–water partition coefficient (Wildman–Crippen LogP) is 3.21. The van der Waals surface area contributed by atoms with Gasteiger partial charge in [0.05, 0.1) is 12.2 Å². The summed E-state index contributed by atoms with van der Waals surface area (Å²) >= 11 is 0. The minimum Gasteiger partial charge on any atom is -0.486 e. The Balaban J connectivity index is 1.57. The van der Waals surface area contributed by atoms with Gasteiger partial charge in [0.1, 0.15) is 13.2 Å². The lowest BCUT2D eigenvalue weighted by Crippen LogP contribution is -2.43. The smallest absolute Gasteiger partial charge is 0.191 e. The molecule has 0 unspecified atom stereocenters. The van der Waals surface area contributed by atoms with E-state index in [9.17, 15) is 0 Å². The molecule has 0 atom stereocenters. The van der Waals surface area contributed by atoms with Gasteiger partial charge in [-0.15, -0.1) is 0 Å². The van der Waals surface area contributed by atoms with Crippen LogP contribution in [0.3, 0.4) is 0 Å². The van der Waals surface area contributed by atoms with Crippen molar-refractivity contribution >= 4 is 5.96 Å². The molecule has 3 rings (SSSR count). The Morgan fingerprint density at radius 2 is 1.89 bits per heavy atom. The molecule has 0 aliphatic carbocycles. The molecule has 0 spiro atoms. The van der Waals surface area contributed by atoms with Crippen LogP contribution < -0.4 is 20.1 Å². The summed E-state index contributed by atoms with van der Waals surface area (Å²) in [7, 11) is 1.76. The van der Waals surface area contributed by atoms with Crippen LogP contribution in [0.1, 0.15) is 50.6 Å². The average molecular weight is 386 g/mol. The molecule has 7 nitrogen and oxygen atoms in total. The van der Waals surface area contributed by atoms with Crippen LogP contribution in [0, 0.1) is 0 Å². The third-order valence-electron chi connectivity index (χ3n) is 4.84. The second-order valence-corrected chi connectivity index (χ2v) is 7.89. The molecule has 0 amide bonds. The molecule has 0 fully saturated rings. The number of rotatable bonds is 6. The average Bonchev–Trinajstić information content (AvgIpc) is 3.17. The highest BCUT2D eigenvalue weighted by molar-refractivity contribution is 5.79. The molecule has 2 aromatic rings. The van der Waals surface area contributed by atoms with Gasteiger partial charge in [-0.3, -0.25) is 4.99 Å². The van der Waals surface area contributed by atoms with E-state index in [-0.39, 0.29) is 5.41 Å². The van der Waals surface area contributed by atoms with Crippen molar-refractivity contribution in [3.8, 4) is 11.5 Å². The van der Waals surface area contributed by atoms with Crippen molar-refractivity contribution in [2.45, 2.75) is 45.6 Å². The lowest BCUT2D eigenvalue weighted by Gasteiger charge is -2.28. The first-order valence-corrected chi connectivity index (χ1v) is 9.69. The van der Waals surface area contributed by atoms with Gasteiger partial charge in [0.2, 0.25) is 0 Å². The Bertz CT molecular complexity index is 827. The maximum atomic E-state index is 5.71. The maximum Gasteiger partial charge on any atom is 0.191 e. The Labute approximate surface area is 166 Å². The largest absolute Gasteiger partial charge is 0.486 e. The summed E-state index contributed by atoms with van der Waals surface area (Å²) < 4.78 is 16.7. The molecule has 1 aliphatic heterocycles. The lowest BCUT2D eigenvalue weighted by atomic mass is 9.84. The number of nitrogens with one attached hydrogen (secondary N) is 2.